The molecular weight excluding hydrogens is 1130 g/mol. The number of likely N-dealkylation sites (N-methyl/N-ethyl adjacent to an activating group) is 1. The summed E-state index contributed by atoms with van der Waals surface area (Å²) in [5.74, 6) is -0.813. The first-order valence-corrected chi connectivity index (χ1v) is 38.1. The maximum atomic E-state index is 12.9. The standard InChI is InChI=1S/C80H136NO8P/c1-6-8-10-12-14-16-18-20-22-24-26-28-30-32-34-36-38-39-40-41-43-44-46-48-50-52-54-56-58-60-62-64-66-68-70-72-79(82)86-76-78(77-88-90(84,85)87-75-74-81(3,4)5)89-80(83)73-71-69-67-65-63-61-59-57-55-53-51-49-47-45-42-37-35-33-31-29-27-25-23-21-19-17-15-13-11-9-7-2/h8-11,14-17,20-23,26-29,33,35,42,45,49,51,55,57,78H,6-7,12-13,18-19,24-25,30-32,34,36-41,43-44,46-48,50,52-54,56,58-77H2,1-5H3/p+1/b10-8-,11-9-,16-14-,17-15-,22-20-,23-21-,28-26-,29-27-,35-33-,45-42-,51-49-,57-55-. The molecule has 0 radical (unpaired) electrons. The van der Waals surface area contributed by atoms with E-state index in [1.807, 2.05) is 21.1 Å². The predicted molar refractivity (Wildman–Crippen MR) is 390 cm³/mol. The van der Waals surface area contributed by atoms with E-state index < -0.39 is 26.5 Å². The smallest absolute Gasteiger partial charge is 0.462 e. The molecule has 10 heteroatoms. The van der Waals surface area contributed by atoms with Crippen LogP contribution in [-0.4, -0.2) is 74.9 Å². The van der Waals surface area contributed by atoms with Gasteiger partial charge in [-0.3, -0.25) is 18.6 Å². The van der Waals surface area contributed by atoms with E-state index in [2.05, 4.69) is 160 Å². The van der Waals surface area contributed by atoms with Crippen LogP contribution in [0.5, 0.6) is 0 Å². The maximum absolute atomic E-state index is 12.9. The van der Waals surface area contributed by atoms with Crippen molar-refractivity contribution in [3.8, 4) is 0 Å². The summed E-state index contributed by atoms with van der Waals surface area (Å²) in [4.78, 5) is 35.9. The minimum absolute atomic E-state index is 0.0227. The van der Waals surface area contributed by atoms with Gasteiger partial charge in [0.2, 0.25) is 0 Å². The minimum Gasteiger partial charge on any atom is -0.462 e. The van der Waals surface area contributed by atoms with Crippen LogP contribution in [0.3, 0.4) is 0 Å². The summed E-state index contributed by atoms with van der Waals surface area (Å²) in [6.45, 7) is 4.20. The lowest BCUT2D eigenvalue weighted by molar-refractivity contribution is -0.870. The highest BCUT2D eigenvalue weighted by molar-refractivity contribution is 7.47. The number of quaternary nitrogens is 1. The third kappa shape index (κ3) is 72.9. The molecule has 0 aromatic rings. The topological polar surface area (TPSA) is 108 Å². The van der Waals surface area contributed by atoms with Crippen molar-refractivity contribution >= 4 is 19.8 Å². The molecule has 514 valence electrons. The zero-order chi connectivity index (χ0) is 65.5. The van der Waals surface area contributed by atoms with Crippen molar-refractivity contribution < 1.29 is 42.1 Å². The van der Waals surface area contributed by atoms with Crippen molar-refractivity contribution in [2.24, 2.45) is 0 Å². The van der Waals surface area contributed by atoms with Gasteiger partial charge in [0.15, 0.2) is 6.10 Å². The summed E-state index contributed by atoms with van der Waals surface area (Å²) in [5, 5.41) is 0. The van der Waals surface area contributed by atoms with E-state index in [1.54, 1.807) is 0 Å². The molecular formula is C80H137NO8P+. The van der Waals surface area contributed by atoms with Crippen LogP contribution in [0.4, 0.5) is 0 Å². The molecule has 0 saturated carbocycles. The average molecular weight is 1270 g/mol. The number of carbonyl (C=O) groups excluding carboxylic acids is 2. The molecule has 0 aromatic carbocycles. The van der Waals surface area contributed by atoms with E-state index in [1.165, 1.54) is 128 Å². The Labute approximate surface area is 554 Å². The summed E-state index contributed by atoms with van der Waals surface area (Å²) in [7, 11) is 1.46. The molecule has 0 saturated heterocycles. The fraction of sp³-hybridized carbons (Fsp3) is 0.675. The number of phosphoric acid groups is 1. The molecule has 0 heterocycles. The van der Waals surface area contributed by atoms with Gasteiger partial charge in [0.25, 0.3) is 0 Å². The highest BCUT2D eigenvalue weighted by atomic mass is 31.2. The number of nitrogens with zero attached hydrogens (tertiary/aromatic N) is 1. The van der Waals surface area contributed by atoms with Gasteiger partial charge < -0.3 is 18.9 Å². The van der Waals surface area contributed by atoms with E-state index in [0.29, 0.717) is 17.4 Å². The summed E-state index contributed by atoms with van der Waals surface area (Å²) >= 11 is 0. The number of allylic oxidation sites excluding steroid dienone is 24. The lowest BCUT2D eigenvalue weighted by atomic mass is 10.0. The van der Waals surface area contributed by atoms with Crippen molar-refractivity contribution in [1.82, 2.24) is 0 Å². The third-order valence-electron chi connectivity index (χ3n) is 15.4. The molecule has 0 bridgehead atoms. The van der Waals surface area contributed by atoms with Crippen molar-refractivity contribution in [3.05, 3.63) is 146 Å². The van der Waals surface area contributed by atoms with Crippen molar-refractivity contribution in [2.45, 2.75) is 302 Å². The molecule has 1 N–H and O–H groups in total. The molecule has 0 aliphatic rings. The van der Waals surface area contributed by atoms with Gasteiger partial charge >= 0.3 is 19.8 Å². The van der Waals surface area contributed by atoms with E-state index in [-0.39, 0.29) is 32.0 Å². The van der Waals surface area contributed by atoms with Crippen LogP contribution in [0.25, 0.3) is 0 Å². The number of ether oxygens (including phenoxy) is 2. The molecule has 0 amide bonds. The van der Waals surface area contributed by atoms with Crippen LogP contribution in [0, 0.1) is 0 Å². The Balaban J connectivity index is 4.06. The monoisotopic (exact) mass is 1270 g/mol. The number of hydrogen-bond donors (Lipinski definition) is 1. The number of carbonyl (C=O) groups is 2. The van der Waals surface area contributed by atoms with Crippen LogP contribution in [-0.2, 0) is 32.7 Å². The van der Waals surface area contributed by atoms with Crippen LogP contribution in [0.1, 0.15) is 296 Å². The van der Waals surface area contributed by atoms with Gasteiger partial charge in [-0.15, -0.1) is 0 Å². The average Bonchev–Trinajstić information content (AvgIpc) is 3.58. The van der Waals surface area contributed by atoms with Gasteiger partial charge in [0.05, 0.1) is 27.7 Å². The fourth-order valence-corrected chi connectivity index (χ4v) is 10.6. The van der Waals surface area contributed by atoms with Gasteiger partial charge in [0, 0.05) is 12.8 Å². The second-order valence-corrected chi connectivity index (χ2v) is 26.7. The van der Waals surface area contributed by atoms with E-state index >= 15 is 0 Å². The number of unbranched alkanes of at least 4 members (excludes halogenated alkanes) is 28. The Kier molecular flexibility index (Phi) is 66.1. The van der Waals surface area contributed by atoms with Crippen molar-refractivity contribution in [2.75, 3.05) is 47.5 Å². The number of phosphoric ester groups is 1. The third-order valence-corrected chi connectivity index (χ3v) is 16.3. The van der Waals surface area contributed by atoms with E-state index in [9.17, 15) is 19.0 Å². The number of hydrogen-bond acceptors (Lipinski definition) is 7. The highest BCUT2D eigenvalue weighted by Gasteiger charge is 2.27. The van der Waals surface area contributed by atoms with Crippen molar-refractivity contribution in [1.29, 1.82) is 0 Å². The second-order valence-electron chi connectivity index (χ2n) is 25.2. The number of rotatable bonds is 66. The normalized spacial score (nSPS) is 14.0. The Hall–Kier alpha value is -4.11. The van der Waals surface area contributed by atoms with E-state index in [4.69, 9.17) is 18.5 Å². The van der Waals surface area contributed by atoms with Crippen LogP contribution in [0.15, 0.2) is 146 Å². The van der Waals surface area contributed by atoms with Crippen LogP contribution in [0.2, 0.25) is 0 Å². The SMILES string of the molecule is CC/C=C\C/C=C\C/C=C\C/C=C\C/C=C\C/C=C\C/C=C\C/C=C\CCCCCCCCC(=O)OC(COC(=O)CCCCCCCCCCCCCCCCCCCCCCCC/C=C\C/C=C\C/C=C\C/C=C\CC)COP(=O)(O)OCC[N+](C)(C)C. The molecule has 0 aromatic heterocycles. The summed E-state index contributed by atoms with van der Waals surface area (Å²) < 4.78 is 34.7. The van der Waals surface area contributed by atoms with Gasteiger partial charge in [-0.2, -0.15) is 0 Å². The summed E-state index contributed by atoms with van der Waals surface area (Å²) in [6, 6.07) is 0. The molecule has 90 heavy (non-hydrogen) atoms. The highest BCUT2D eigenvalue weighted by Crippen LogP contribution is 2.43. The van der Waals surface area contributed by atoms with Crippen molar-refractivity contribution in [3.63, 3.8) is 0 Å². The van der Waals surface area contributed by atoms with Gasteiger partial charge in [0.1, 0.15) is 19.8 Å². The van der Waals surface area contributed by atoms with E-state index in [0.717, 1.165) is 135 Å². The fourth-order valence-electron chi connectivity index (χ4n) is 9.85. The van der Waals surface area contributed by atoms with Gasteiger partial charge in [-0.25, -0.2) is 4.57 Å². The van der Waals surface area contributed by atoms with Crippen LogP contribution >= 0.6 is 7.82 Å². The molecule has 0 spiro atoms. The maximum Gasteiger partial charge on any atom is 0.472 e. The Morgan fingerprint density at radius 2 is 0.600 bits per heavy atom. The zero-order valence-corrected chi connectivity index (χ0v) is 59.5. The Morgan fingerprint density at radius 3 is 0.889 bits per heavy atom. The first-order valence-electron chi connectivity index (χ1n) is 36.6. The lowest BCUT2D eigenvalue weighted by Gasteiger charge is -2.24. The molecule has 2 unspecified atom stereocenters. The van der Waals surface area contributed by atoms with Gasteiger partial charge in [-0.1, -0.05) is 314 Å². The Bertz CT molecular complexity index is 2030. The number of esters is 2. The lowest BCUT2D eigenvalue weighted by Crippen LogP contribution is -2.37. The molecule has 0 rings (SSSR count). The molecule has 9 nitrogen and oxygen atoms in total. The molecule has 0 aliphatic heterocycles. The molecule has 2 atom stereocenters. The Morgan fingerprint density at radius 1 is 0.344 bits per heavy atom. The molecule has 0 aliphatic carbocycles. The largest absolute Gasteiger partial charge is 0.472 e. The molecule has 0 fully saturated rings. The van der Waals surface area contributed by atoms with Gasteiger partial charge in [-0.05, 0) is 116 Å². The summed E-state index contributed by atoms with van der Waals surface area (Å²) in [6.07, 6.45) is 102. The zero-order valence-electron chi connectivity index (χ0n) is 58.6. The quantitative estimate of drug-likeness (QED) is 0.0211. The van der Waals surface area contributed by atoms with Crippen LogP contribution < -0.4 is 0 Å². The predicted octanol–water partition coefficient (Wildman–Crippen LogP) is 24.2. The minimum atomic E-state index is -4.41. The summed E-state index contributed by atoms with van der Waals surface area (Å²) in [5.41, 5.74) is 0. The first kappa shape index (κ1) is 85.9. The second kappa shape index (κ2) is 69.2. The first-order chi connectivity index (χ1) is 44.0.